The third kappa shape index (κ3) is 4.03. The molecule has 6 nitrogen and oxygen atoms in total. The molecule has 0 amide bonds. The lowest BCUT2D eigenvalue weighted by Gasteiger charge is -2.36. The van der Waals surface area contributed by atoms with Crippen LogP contribution < -0.4 is 4.74 Å². The first-order chi connectivity index (χ1) is 13.1. The van der Waals surface area contributed by atoms with Gasteiger partial charge in [0.2, 0.25) is 0 Å². The maximum absolute atomic E-state index is 5.26. The van der Waals surface area contributed by atoms with Crippen LogP contribution in [-0.2, 0) is 19.6 Å². The van der Waals surface area contributed by atoms with Gasteiger partial charge in [-0.2, -0.15) is 0 Å². The first kappa shape index (κ1) is 18.5. The van der Waals surface area contributed by atoms with E-state index in [4.69, 9.17) is 9.72 Å². The van der Waals surface area contributed by atoms with Crippen molar-refractivity contribution in [3.8, 4) is 5.75 Å². The Bertz CT molecular complexity index is 748. The number of benzene rings is 1. The van der Waals surface area contributed by atoms with Crippen LogP contribution in [0.3, 0.4) is 0 Å². The minimum atomic E-state index is 0.335. The molecule has 146 valence electrons. The van der Waals surface area contributed by atoms with Gasteiger partial charge in [0.15, 0.2) is 0 Å². The van der Waals surface area contributed by atoms with Crippen LogP contribution >= 0.6 is 0 Å². The fourth-order valence-corrected chi connectivity index (χ4v) is 4.15. The number of hydrogen-bond acceptors (Lipinski definition) is 5. The number of imidazole rings is 1. The summed E-state index contributed by atoms with van der Waals surface area (Å²) in [7, 11) is 3.92. The monoisotopic (exact) mass is 369 g/mol. The zero-order valence-corrected chi connectivity index (χ0v) is 16.8. The second kappa shape index (κ2) is 8.00. The Balaban J connectivity index is 1.42. The van der Waals surface area contributed by atoms with E-state index in [0.717, 1.165) is 58.1 Å². The van der Waals surface area contributed by atoms with Crippen LogP contribution in [0.1, 0.15) is 30.0 Å². The van der Waals surface area contributed by atoms with Crippen LogP contribution in [0, 0.1) is 0 Å². The van der Waals surface area contributed by atoms with E-state index in [1.807, 2.05) is 12.1 Å². The largest absolute Gasteiger partial charge is 0.497 e. The van der Waals surface area contributed by atoms with Crippen LogP contribution in [0.25, 0.3) is 0 Å². The molecule has 27 heavy (non-hydrogen) atoms. The van der Waals surface area contributed by atoms with Gasteiger partial charge in [0, 0.05) is 58.6 Å². The van der Waals surface area contributed by atoms with E-state index in [9.17, 15) is 0 Å². The van der Waals surface area contributed by atoms with Gasteiger partial charge in [-0.25, -0.2) is 4.98 Å². The fraction of sp³-hybridized carbons (Fsp3) is 0.571. The van der Waals surface area contributed by atoms with Crippen molar-refractivity contribution >= 4 is 0 Å². The molecule has 0 spiro atoms. The van der Waals surface area contributed by atoms with Gasteiger partial charge in [-0.3, -0.25) is 9.80 Å². The molecule has 0 aliphatic carbocycles. The van der Waals surface area contributed by atoms with E-state index in [0.29, 0.717) is 6.04 Å². The maximum Gasteiger partial charge on any atom is 0.126 e. The van der Waals surface area contributed by atoms with E-state index in [2.05, 4.69) is 51.6 Å². The normalized spacial score (nSPS) is 22.0. The zero-order valence-electron chi connectivity index (χ0n) is 16.8. The van der Waals surface area contributed by atoms with E-state index in [1.165, 1.54) is 17.1 Å². The van der Waals surface area contributed by atoms with Gasteiger partial charge in [0.25, 0.3) is 0 Å². The lowest BCUT2D eigenvalue weighted by molar-refractivity contribution is 0.136. The minimum absolute atomic E-state index is 0.335. The first-order valence-electron chi connectivity index (χ1n) is 9.96. The zero-order chi connectivity index (χ0) is 18.8. The molecule has 1 saturated heterocycles. The lowest BCUT2D eigenvalue weighted by Crippen LogP contribution is -2.44. The van der Waals surface area contributed by atoms with Gasteiger partial charge < -0.3 is 14.2 Å². The van der Waals surface area contributed by atoms with Crippen LogP contribution in [0.15, 0.2) is 30.5 Å². The highest BCUT2D eigenvalue weighted by Crippen LogP contribution is 2.27. The average molecular weight is 370 g/mol. The molecule has 2 aromatic rings. The Hall–Kier alpha value is -1.89. The van der Waals surface area contributed by atoms with Crippen molar-refractivity contribution in [1.29, 1.82) is 0 Å². The second-order valence-electron chi connectivity index (χ2n) is 7.83. The second-order valence-corrected chi connectivity index (χ2v) is 7.83. The summed E-state index contributed by atoms with van der Waals surface area (Å²) in [5.41, 5.74) is 2.69. The van der Waals surface area contributed by atoms with Crippen molar-refractivity contribution in [3.05, 3.63) is 47.5 Å². The highest BCUT2D eigenvalue weighted by molar-refractivity contribution is 5.27. The maximum atomic E-state index is 5.26. The number of fused-ring (bicyclic) bond motifs is 1. The van der Waals surface area contributed by atoms with E-state index < -0.39 is 0 Å². The average Bonchev–Trinajstić information content (AvgIpc) is 3.10. The number of rotatable bonds is 5. The summed E-state index contributed by atoms with van der Waals surface area (Å²) in [6, 6.07) is 8.73. The van der Waals surface area contributed by atoms with Gasteiger partial charge in [0.1, 0.15) is 11.6 Å². The molecule has 2 aliphatic heterocycles. The van der Waals surface area contributed by atoms with Crippen molar-refractivity contribution in [3.63, 3.8) is 0 Å². The summed E-state index contributed by atoms with van der Waals surface area (Å²) in [6.07, 6.45) is 2.10. The molecule has 0 N–H and O–H groups in total. The highest BCUT2D eigenvalue weighted by Gasteiger charge is 2.27. The molecule has 1 fully saturated rings. The summed E-state index contributed by atoms with van der Waals surface area (Å²) in [4.78, 5) is 12.3. The summed E-state index contributed by atoms with van der Waals surface area (Å²) >= 11 is 0. The van der Waals surface area contributed by atoms with Crippen LogP contribution in [-0.4, -0.2) is 71.1 Å². The van der Waals surface area contributed by atoms with Crippen molar-refractivity contribution in [2.45, 2.75) is 32.6 Å². The van der Waals surface area contributed by atoms with Gasteiger partial charge >= 0.3 is 0 Å². The molecule has 1 atom stereocenters. The summed E-state index contributed by atoms with van der Waals surface area (Å²) in [5, 5.41) is 0. The van der Waals surface area contributed by atoms with E-state index >= 15 is 0 Å². The Morgan fingerprint density at radius 1 is 1.00 bits per heavy atom. The molecule has 4 rings (SSSR count). The molecule has 2 aliphatic rings. The minimum Gasteiger partial charge on any atom is -0.497 e. The number of methoxy groups -OCH3 is 1. The number of nitrogens with zero attached hydrogens (tertiary/aromatic N) is 5. The molecule has 6 heteroatoms. The molecule has 0 saturated carbocycles. The van der Waals surface area contributed by atoms with Gasteiger partial charge in [-0.15, -0.1) is 0 Å². The number of likely N-dealkylation sites (N-methyl/N-ethyl adjacent to an activating group) is 1. The summed E-state index contributed by atoms with van der Waals surface area (Å²) in [5.74, 6) is 2.12. The van der Waals surface area contributed by atoms with Crippen LogP contribution in [0.2, 0.25) is 0 Å². The van der Waals surface area contributed by atoms with Crippen molar-refractivity contribution in [1.82, 2.24) is 24.3 Å². The predicted octanol–water partition coefficient (Wildman–Crippen LogP) is 2.22. The first-order valence-corrected chi connectivity index (χ1v) is 9.96. The van der Waals surface area contributed by atoms with Gasteiger partial charge in [0.05, 0.1) is 18.8 Å². The quantitative estimate of drug-likeness (QED) is 0.808. The van der Waals surface area contributed by atoms with Crippen molar-refractivity contribution in [2.24, 2.45) is 0 Å². The lowest BCUT2D eigenvalue weighted by atomic mass is 10.1. The molecule has 1 aromatic heterocycles. The van der Waals surface area contributed by atoms with E-state index in [1.54, 1.807) is 7.11 Å². The molecule has 0 bridgehead atoms. The molecular weight excluding hydrogens is 338 g/mol. The SMILES string of the molecule is COc1ccc(CN2CCn3c(CN4CCN(C)CC4)cnc3[C@@H]2C)cc1. The molecular formula is C21H31N5O. The summed E-state index contributed by atoms with van der Waals surface area (Å²) in [6.45, 7) is 11.0. The standard InChI is InChI=1S/C21H31N5O/c1-17-21-22-14-19(16-24-10-8-23(2)9-11-24)26(21)13-12-25(17)15-18-4-6-20(27-3)7-5-18/h4-7,14,17H,8-13,15-16H2,1-3H3/t17-/m0/s1. The molecule has 3 heterocycles. The van der Waals surface area contributed by atoms with Crippen LogP contribution in [0.4, 0.5) is 0 Å². The van der Waals surface area contributed by atoms with E-state index in [-0.39, 0.29) is 0 Å². The third-order valence-electron chi connectivity index (χ3n) is 6.03. The third-order valence-corrected chi connectivity index (χ3v) is 6.03. The van der Waals surface area contributed by atoms with Crippen LogP contribution in [0.5, 0.6) is 5.75 Å². The topological polar surface area (TPSA) is 36.8 Å². The smallest absolute Gasteiger partial charge is 0.126 e. The Morgan fingerprint density at radius 2 is 1.74 bits per heavy atom. The van der Waals surface area contributed by atoms with Crippen molar-refractivity contribution < 1.29 is 4.74 Å². The Labute approximate surface area is 162 Å². The van der Waals surface area contributed by atoms with Gasteiger partial charge in [-0.05, 0) is 31.7 Å². The summed E-state index contributed by atoms with van der Waals surface area (Å²) < 4.78 is 7.72. The Morgan fingerprint density at radius 3 is 2.44 bits per heavy atom. The number of ether oxygens (including phenoxy) is 1. The number of piperazine rings is 1. The van der Waals surface area contributed by atoms with Gasteiger partial charge in [-0.1, -0.05) is 12.1 Å². The molecule has 0 unspecified atom stereocenters. The highest BCUT2D eigenvalue weighted by atomic mass is 16.5. The number of aromatic nitrogens is 2. The molecule has 0 radical (unpaired) electrons. The number of hydrogen-bond donors (Lipinski definition) is 0. The Kier molecular flexibility index (Phi) is 5.48. The predicted molar refractivity (Wildman–Crippen MR) is 107 cm³/mol. The molecule has 1 aromatic carbocycles. The fourth-order valence-electron chi connectivity index (χ4n) is 4.15. The van der Waals surface area contributed by atoms with Crippen molar-refractivity contribution in [2.75, 3.05) is 46.9 Å².